The van der Waals surface area contributed by atoms with Gasteiger partial charge in [0.25, 0.3) is 0 Å². The van der Waals surface area contributed by atoms with Crippen molar-refractivity contribution in [1.29, 1.82) is 0 Å². The summed E-state index contributed by atoms with van der Waals surface area (Å²) < 4.78 is 0. The van der Waals surface area contributed by atoms with E-state index in [-0.39, 0.29) is 0 Å². The van der Waals surface area contributed by atoms with Crippen molar-refractivity contribution >= 4 is 23.2 Å². The quantitative estimate of drug-likeness (QED) is 0.683. The molecule has 3 rings (SSSR count). The minimum absolute atomic E-state index is 0.356. The highest BCUT2D eigenvalue weighted by Crippen LogP contribution is 2.57. The number of hydrogen-bond donors (Lipinski definition) is 0. The van der Waals surface area contributed by atoms with Crippen LogP contribution in [0.4, 0.5) is 0 Å². The van der Waals surface area contributed by atoms with Crippen molar-refractivity contribution in [2.75, 3.05) is 5.88 Å². The molecule has 2 aliphatic rings. The Kier molecular flexibility index (Phi) is 3.13. The van der Waals surface area contributed by atoms with Gasteiger partial charge in [0, 0.05) is 10.9 Å². The first-order chi connectivity index (χ1) is 8.22. The highest BCUT2D eigenvalue weighted by Gasteiger charge is 2.50. The van der Waals surface area contributed by atoms with E-state index in [2.05, 4.69) is 12.1 Å². The van der Waals surface area contributed by atoms with Crippen molar-refractivity contribution in [2.24, 2.45) is 17.3 Å². The molecule has 0 amide bonds. The van der Waals surface area contributed by atoms with E-state index < -0.39 is 0 Å². The van der Waals surface area contributed by atoms with Crippen LogP contribution >= 0.6 is 23.2 Å². The third-order valence-electron chi connectivity index (χ3n) is 4.81. The van der Waals surface area contributed by atoms with Crippen LogP contribution in [0.15, 0.2) is 24.3 Å². The van der Waals surface area contributed by atoms with Crippen molar-refractivity contribution in [3.8, 4) is 0 Å². The molecule has 0 aromatic heterocycles. The average molecular weight is 269 g/mol. The summed E-state index contributed by atoms with van der Waals surface area (Å²) in [6, 6.07) is 8.28. The number of rotatable bonds is 3. The van der Waals surface area contributed by atoms with Gasteiger partial charge in [-0.3, -0.25) is 0 Å². The first-order valence-corrected chi connectivity index (χ1v) is 7.43. The van der Waals surface area contributed by atoms with Crippen LogP contribution in [0.25, 0.3) is 0 Å². The maximum absolute atomic E-state index is 6.32. The second-order valence-electron chi connectivity index (χ2n) is 5.88. The maximum Gasteiger partial charge on any atom is 0.0408 e. The number of fused-ring (bicyclic) bond motifs is 2. The van der Waals surface area contributed by atoms with Crippen LogP contribution in [-0.4, -0.2) is 5.88 Å². The van der Waals surface area contributed by atoms with Crippen molar-refractivity contribution in [1.82, 2.24) is 0 Å². The molecule has 0 heterocycles. The fourth-order valence-corrected chi connectivity index (χ4v) is 4.67. The largest absolute Gasteiger partial charge is 0.126 e. The minimum Gasteiger partial charge on any atom is -0.126 e. The summed E-state index contributed by atoms with van der Waals surface area (Å²) in [7, 11) is 0. The van der Waals surface area contributed by atoms with Crippen LogP contribution in [0.5, 0.6) is 0 Å². The van der Waals surface area contributed by atoms with Gasteiger partial charge in [-0.15, -0.1) is 11.6 Å². The highest BCUT2D eigenvalue weighted by molar-refractivity contribution is 6.30. The van der Waals surface area contributed by atoms with E-state index in [0.717, 1.165) is 29.2 Å². The van der Waals surface area contributed by atoms with Crippen LogP contribution in [0.1, 0.15) is 31.2 Å². The molecule has 0 saturated heterocycles. The first-order valence-electron chi connectivity index (χ1n) is 6.52. The van der Waals surface area contributed by atoms with Gasteiger partial charge >= 0.3 is 0 Å². The lowest BCUT2D eigenvalue weighted by Gasteiger charge is -2.36. The minimum atomic E-state index is 0.356. The highest BCUT2D eigenvalue weighted by atomic mass is 35.5. The van der Waals surface area contributed by atoms with E-state index in [1.165, 1.54) is 31.2 Å². The van der Waals surface area contributed by atoms with Gasteiger partial charge in [-0.2, -0.15) is 0 Å². The first kappa shape index (κ1) is 11.9. The number of benzene rings is 1. The number of alkyl halides is 1. The van der Waals surface area contributed by atoms with E-state index in [1.807, 2.05) is 12.1 Å². The molecule has 2 heteroatoms. The average Bonchev–Trinajstić information content (AvgIpc) is 2.89. The van der Waals surface area contributed by atoms with E-state index in [1.54, 1.807) is 0 Å². The molecule has 1 aromatic rings. The lowest BCUT2D eigenvalue weighted by Crippen LogP contribution is -2.32. The summed E-state index contributed by atoms with van der Waals surface area (Å²) >= 11 is 12.4. The van der Waals surface area contributed by atoms with E-state index in [0.29, 0.717) is 5.41 Å². The molecule has 3 unspecified atom stereocenters. The Labute approximate surface area is 113 Å². The van der Waals surface area contributed by atoms with Crippen molar-refractivity contribution in [2.45, 2.75) is 32.1 Å². The second kappa shape index (κ2) is 4.48. The predicted molar refractivity (Wildman–Crippen MR) is 73.8 cm³/mol. The Hall–Kier alpha value is -0.200. The Bertz CT molecular complexity index is 415. The van der Waals surface area contributed by atoms with Crippen molar-refractivity contribution in [3.05, 3.63) is 34.9 Å². The normalized spacial score (nSPS) is 35.4. The van der Waals surface area contributed by atoms with Gasteiger partial charge in [0.15, 0.2) is 0 Å². The van der Waals surface area contributed by atoms with E-state index in [9.17, 15) is 0 Å². The summed E-state index contributed by atoms with van der Waals surface area (Å²) in [4.78, 5) is 0. The van der Waals surface area contributed by atoms with Crippen LogP contribution in [0.3, 0.4) is 0 Å². The zero-order valence-electron chi connectivity index (χ0n) is 9.96. The Balaban J connectivity index is 1.83. The van der Waals surface area contributed by atoms with Gasteiger partial charge in [0.05, 0.1) is 0 Å². The molecular weight excluding hydrogens is 251 g/mol. The maximum atomic E-state index is 6.32. The zero-order chi connectivity index (χ0) is 11.9. The van der Waals surface area contributed by atoms with Crippen LogP contribution < -0.4 is 0 Å². The predicted octanol–water partition coefficient (Wildman–Crippen LogP) is 4.93. The molecule has 0 aliphatic heterocycles. The van der Waals surface area contributed by atoms with E-state index in [4.69, 9.17) is 23.2 Å². The van der Waals surface area contributed by atoms with E-state index >= 15 is 0 Å². The third-order valence-corrected chi connectivity index (χ3v) is 5.58. The summed E-state index contributed by atoms with van der Waals surface area (Å²) in [6.45, 7) is 0. The standard InChI is InChI=1S/C15H18Cl2/c16-10-15(9-12-4-5-13(15)6-12)8-11-2-1-3-14(17)7-11/h1-3,7,12-13H,4-6,8-10H2. The molecule has 2 fully saturated rings. The molecule has 0 radical (unpaired) electrons. The SMILES string of the molecule is ClCC1(Cc2cccc(Cl)c2)CC2CCC1C2. The van der Waals surface area contributed by atoms with Crippen molar-refractivity contribution < 1.29 is 0 Å². The van der Waals surface area contributed by atoms with Gasteiger partial charge in [0.1, 0.15) is 0 Å². The number of halogens is 2. The van der Waals surface area contributed by atoms with Gasteiger partial charge in [-0.05, 0) is 60.6 Å². The fraction of sp³-hybridized carbons (Fsp3) is 0.600. The molecule has 17 heavy (non-hydrogen) atoms. The fourth-order valence-electron chi connectivity index (χ4n) is 4.04. The van der Waals surface area contributed by atoms with Crippen LogP contribution in [0.2, 0.25) is 5.02 Å². The van der Waals surface area contributed by atoms with Gasteiger partial charge in [0.2, 0.25) is 0 Å². The zero-order valence-corrected chi connectivity index (χ0v) is 11.5. The van der Waals surface area contributed by atoms with Gasteiger partial charge in [-0.1, -0.05) is 30.2 Å². The molecule has 0 spiro atoms. The molecule has 0 nitrogen and oxygen atoms in total. The molecule has 2 aliphatic carbocycles. The molecule has 2 bridgehead atoms. The Morgan fingerprint density at radius 1 is 1.29 bits per heavy atom. The van der Waals surface area contributed by atoms with Crippen LogP contribution in [0, 0.1) is 17.3 Å². The molecular formula is C15H18Cl2. The summed E-state index contributed by atoms with van der Waals surface area (Å²) in [5, 5.41) is 0.843. The lowest BCUT2D eigenvalue weighted by atomic mass is 9.71. The lowest BCUT2D eigenvalue weighted by molar-refractivity contribution is 0.193. The summed E-state index contributed by atoms with van der Waals surface area (Å²) in [6.07, 6.45) is 6.66. The molecule has 92 valence electrons. The second-order valence-corrected chi connectivity index (χ2v) is 6.59. The van der Waals surface area contributed by atoms with Gasteiger partial charge < -0.3 is 0 Å². The monoisotopic (exact) mass is 268 g/mol. The number of hydrogen-bond acceptors (Lipinski definition) is 0. The summed E-state index contributed by atoms with van der Waals surface area (Å²) in [5.74, 6) is 2.60. The molecule has 1 aromatic carbocycles. The molecule has 0 N–H and O–H groups in total. The topological polar surface area (TPSA) is 0 Å². The smallest absolute Gasteiger partial charge is 0.0408 e. The third kappa shape index (κ3) is 2.11. The van der Waals surface area contributed by atoms with Crippen molar-refractivity contribution in [3.63, 3.8) is 0 Å². The summed E-state index contributed by atoms with van der Waals surface area (Å²) in [5.41, 5.74) is 1.71. The molecule has 3 atom stereocenters. The van der Waals surface area contributed by atoms with Crippen LogP contribution in [-0.2, 0) is 6.42 Å². The molecule has 2 saturated carbocycles. The Morgan fingerprint density at radius 2 is 2.18 bits per heavy atom. The van der Waals surface area contributed by atoms with Gasteiger partial charge in [-0.25, -0.2) is 0 Å². The Morgan fingerprint density at radius 3 is 2.76 bits per heavy atom.